The first-order chi connectivity index (χ1) is 15.8. The van der Waals surface area contributed by atoms with Gasteiger partial charge in [-0.25, -0.2) is 0 Å². The normalized spacial score (nSPS) is 20.9. The zero-order valence-electron chi connectivity index (χ0n) is 18.7. The van der Waals surface area contributed by atoms with E-state index in [4.69, 9.17) is 0 Å². The molecule has 0 saturated carbocycles. The number of hydrogen-bond acceptors (Lipinski definition) is 4. The molecule has 1 heterocycles. The molecule has 0 spiro atoms. The molecule has 0 bridgehead atoms. The Hall–Kier alpha value is -2.28. The Morgan fingerprint density at radius 3 is 2.67 bits per heavy atom. The van der Waals surface area contributed by atoms with Crippen molar-refractivity contribution < 1.29 is 13.0 Å². The molecular weight excluding hydrogens is 452 g/mol. The Kier molecular flexibility index (Phi) is 6.02. The molecule has 3 aromatic rings. The van der Waals surface area contributed by atoms with E-state index < -0.39 is 15.4 Å². The number of rotatable bonds is 5. The van der Waals surface area contributed by atoms with Crippen LogP contribution in [0.5, 0.6) is 0 Å². The molecule has 0 radical (unpaired) electrons. The van der Waals surface area contributed by atoms with Crippen LogP contribution in [-0.4, -0.2) is 18.2 Å². The van der Waals surface area contributed by atoms with Gasteiger partial charge in [-0.05, 0) is 54.4 Å². The highest BCUT2D eigenvalue weighted by Gasteiger charge is 2.35. The van der Waals surface area contributed by atoms with E-state index in [0.29, 0.717) is 17.9 Å². The van der Waals surface area contributed by atoms with E-state index in [1.165, 1.54) is 4.88 Å². The van der Waals surface area contributed by atoms with Gasteiger partial charge in [-0.15, -0.1) is 11.3 Å². The van der Waals surface area contributed by atoms with Crippen molar-refractivity contribution in [3.63, 3.8) is 0 Å². The molecule has 3 atom stereocenters. The fourth-order valence-corrected chi connectivity index (χ4v) is 7.90. The van der Waals surface area contributed by atoms with Crippen LogP contribution in [0.2, 0.25) is 0 Å². The molecular formula is C27H28O4S2. The molecule has 0 aliphatic heterocycles. The monoisotopic (exact) mass is 480 g/mol. The summed E-state index contributed by atoms with van der Waals surface area (Å²) in [5.41, 5.74) is 2.68. The van der Waals surface area contributed by atoms with E-state index in [1.54, 1.807) is 17.4 Å². The van der Waals surface area contributed by atoms with Crippen LogP contribution in [0.1, 0.15) is 46.2 Å². The second-order valence-corrected chi connectivity index (χ2v) is 12.1. The Bertz CT molecular complexity index is 1400. The molecule has 0 fully saturated rings. The van der Waals surface area contributed by atoms with Crippen molar-refractivity contribution in [1.82, 2.24) is 0 Å². The lowest BCUT2D eigenvalue weighted by Crippen LogP contribution is -2.34. The van der Waals surface area contributed by atoms with Gasteiger partial charge in [0.25, 0.3) is 10.1 Å². The lowest BCUT2D eigenvalue weighted by molar-refractivity contribution is 0.441. The Balaban J connectivity index is 1.50. The average Bonchev–Trinajstić information content (AvgIpc) is 2.81. The summed E-state index contributed by atoms with van der Waals surface area (Å²) in [6, 6.07) is 13.7. The van der Waals surface area contributed by atoms with Gasteiger partial charge in [-0.1, -0.05) is 68.0 Å². The van der Waals surface area contributed by atoms with Crippen molar-refractivity contribution in [2.45, 2.75) is 50.7 Å². The van der Waals surface area contributed by atoms with Crippen LogP contribution < -0.4 is 5.43 Å². The second-order valence-electron chi connectivity index (χ2n) is 9.31. The highest BCUT2D eigenvalue weighted by atomic mass is 32.2. The molecule has 6 heteroatoms. The Labute approximate surface area is 198 Å². The van der Waals surface area contributed by atoms with Gasteiger partial charge in [0.05, 0.1) is 5.25 Å². The van der Waals surface area contributed by atoms with E-state index in [0.717, 1.165) is 52.5 Å². The molecule has 0 amide bonds. The minimum absolute atomic E-state index is 0.112. The molecule has 1 N–H and O–H groups in total. The summed E-state index contributed by atoms with van der Waals surface area (Å²) in [5, 5.41) is 1.08. The largest absolute Gasteiger partial charge is 0.289 e. The summed E-state index contributed by atoms with van der Waals surface area (Å²) in [7, 11) is -4.30. The summed E-state index contributed by atoms with van der Waals surface area (Å²) < 4.78 is 35.3. The fourth-order valence-electron chi connectivity index (χ4n) is 5.40. The van der Waals surface area contributed by atoms with Gasteiger partial charge in [0, 0.05) is 26.8 Å². The third-order valence-electron chi connectivity index (χ3n) is 7.35. The molecule has 2 aliphatic rings. The quantitative estimate of drug-likeness (QED) is 0.492. The smallest absolute Gasteiger partial charge is 0.268 e. The summed E-state index contributed by atoms with van der Waals surface area (Å²) in [5.74, 6) is 0.226. The van der Waals surface area contributed by atoms with Gasteiger partial charge in [0.15, 0.2) is 5.43 Å². The van der Waals surface area contributed by atoms with Crippen molar-refractivity contribution in [2.24, 2.45) is 11.8 Å². The van der Waals surface area contributed by atoms with Crippen molar-refractivity contribution >= 4 is 38.3 Å². The van der Waals surface area contributed by atoms with Gasteiger partial charge in [-0.3, -0.25) is 9.35 Å². The maximum absolute atomic E-state index is 13.2. The summed E-state index contributed by atoms with van der Waals surface area (Å²) in [6.45, 7) is 2.19. The third-order valence-corrected chi connectivity index (χ3v) is 9.92. The minimum Gasteiger partial charge on any atom is -0.289 e. The van der Waals surface area contributed by atoms with E-state index in [2.05, 4.69) is 6.92 Å². The maximum atomic E-state index is 13.2. The van der Waals surface area contributed by atoms with E-state index in [-0.39, 0.29) is 17.8 Å². The molecule has 4 nitrogen and oxygen atoms in total. The lowest BCUT2D eigenvalue weighted by atomic mass is 9.85. The first-order valence-electron chi connectivity index (χ1n) is 11.6. The van der Waals surface area contributed by atoms with E-state index in [9.17, 15) is 17.8 Å². The van der Waals surface area contributed by atoms with Crippen molar-refractivity contribution in [3.05, 3.63) is 85.2 Å². The van der Waals surface area contributed by atoms with Gasteiger partial charge < -0.3 is 0 Å². The summed E-state index contributed by atoms with van der Waals surface area (Å²) in [4.78, 5) is 15.3. The number of allylic oxidation sites excluding steroid dienone is 1. The maximum Gasteiger partial charge on any atom is 0.268 e. The van der Waals surface area contributed by atoms with Crippen LogP contribution in [0.4, 0.5) is 0 Å². The number of hydrogen-bond donors (Lipinski definition) is 1. The topological polar surface area (TPSA) is 71.4 Å². The molecule has 3 unspecified atom stereocenters. The molecule has 2 aromatic carbocycles. The molecule has 33 heavy (non-hydrogen) atoms. The Morgan fingerprint density at radius 1 is 1.09 bits per heavy atom. The molecule has 0 saturated heterocycles. The highest BCUT2D eigenvalue weighted by Crippen LogP contribution is 2.36. The summed E-state index contributed by atoms with van der Waals surface area (Å²) in [6.07, 6.45) is 8.25. The van der Waals surface area contributed by atoms with Crippen LogP contribution >= 0.6 is 11.3 Å². The van der Waals surface area contributed by atoms with Crippen molar-refractivity contribution in [1.29, 1.82) is 0 Å². The van der Waals surface area contributed by atoms with Gasteiger partial charge in [0.2, 0.25) is 0 Å². The Morgan fingerprint density at radius 2 is 1.88 bits per heavy atom. The van der Waals surface area contributed by atoms with Crippen LogP contribution in [0.15, 0.2) is 53.3 Å². The first kappa shape index (κ1) is 22.5. The highest BCUT2D eigenvalue weighted by molar-refractivity contribution is 7.86. The predicted octanol–water partition coefficient (Wildman–Crippen LogP) is 5.46. The summed E-state index contributed by atoms with van der Waals surface area (Å²) >= 11 is 1.67. The first-order valence-corrected chi connectivity index (χ1v) is 14.0. The van der Waals surface area contributed by atoms with Crippen LogP contribution in [0, 0.1) is 11.8 Å². The lowest BCUT2D eigenvalue weighted by Gasteiger charge is -2.28. The van der Waals surface area contributed by atoms with Gasteiger partial charge >= 0.3 is 0 Å². The average molecular weight is 481 g/mol. The number of fused-ring (bicyclic) bond motifs is 3. The predicted molar refractivity (Wildman–Crippen MR) is 136 cm³/mol. The zero-order chi connectivity index (χ0) is 23.2. The standard InChI is InChI=1S/C27H28O4S2/c1-2-17-10-12-22-24(14-17)32-25-15-20(11-13-23(25)27(22)28)26(33(29,30)31)16-19-8-5-7-18-6-3-4-9-21(18)19/h3-9,11,13,17,20,26H,2,10,12,14-16H2,1H3,(H,29,30,31). The fraction of sp³-hybridized carbons (Fsp3) is 0.370. The van der Waals surface area contributed by atoms with Gasteiger partial charge in [-0.2, -0.15) is 8.42 Å². The van der Waals surface area contributed by atoms with E-state index >= 15 is 0 Å². The third kappa shape index (κ3) is 4.32. The minimum atomic E-state index is -4.30. The van der Waals surface area contributed by atoms with Crippen LogP contribution in [0.25, 0.3) is 16.8 Å². The van der Waals surface area contributed by atoms with Crippen LogP contribution in [-0.2, 0) is 35.8 Å². The molecule has 2 aliphatic carbocycles. The van der Waals surface area contributed by atoms with Gasteiger partial charge in [0.1, 0.15) is 0 Å². The van der Waals surface area contributed by atoms with E-state index in [1.807, 2.05) is 48.5 Å². The van der Waals surface area contributed by atoms with Crippen molar-refractivity contribution in [3.8, 4) is 0 Å². The van der Waals surface area contributed by atoms with Crippen LogP contribution in [0.3, 0.4) is 0 Å². The molecule has 172 valence electrons. The molecule has 1 aromatic heterocycles. The van der Waals surface area contributed by atoms with Crippen molar-refractivity contribution in [2.75, 3.05) is 0 Å². The number of benzene rings is 2. The zero-order valence-corrected chi connectivity index (χ0v) is 20.3. The molecule has 5 rings (SSSR count). The second kappa shape index (κ2) is 8.82. The SMILES string of the molecule is CCC1CCc2c(sc3c(c2=O)C=CC(C(Cc2cccc4ccccc24)S(=O)(=O)O)C3)C1.